The van der Waals surface area contributed by atoms with Crippen molar-refractivity contribution in [2.24, 2.45) is 7.05 Å². The number of aryl methyl sites for hydroxylation is 1. The lowest BCUT2D eigenvalue weighted by molar-refractivity contribution is 0.0398. The van der Waals surface area contributed by atoms with Gasteiger partial charge in [-0.3, -0.25) is 4.90 Å². The SMILES string of the molecule is Cn1cc(-c2nc(NCCN3CCOCC3)nc3ccnn23)c2ccccc21. The van der Waals surface area contributed by atoms with Gasteiger partial charge in [-0.1, -0.05) is 18.2 Å². The van der Waals surface area contributed by atoms with Crippen molar-refractivity contribution in [1.82, 2.24) is 29.0 Å². The van der Waals surface area contributed by atoms with E-state index in [0.29, 0.717) is 5.95 Å². The Morgan fingerprint density at radius 2 is 1.96 bits per heavy atom. The number of hydrogen-bond acceptors (Lipinski definition) is 6. The maximum atomic E-state index is 5.41. The zero-order valence-corrected chi connectivity index (χ0v) is 15.9. The highest BCUT2D eigenvalue weighted by Gasteiger charge is 2.16. The highest BCUT2D eigenvalue weighted by atomic mass is 16.5. The first-order chi connectivity index (χ1) is 13.8. The fourth-order valence-electron chi connectivity index (χ4n) is 3.75. The highest BCUT2D eigenvalue weighted by Crippen LogP contribution is 2.29. The first kappa shape index (κ1) is 17.2. The quantitative estimate of drug-likeness (QED) is 0.574. The van der Waals surface area contributed by atoms with E-state index >= 15 is 0 Å². The van der Waals surface area contributed by atoms with Crippen LogP contribution in [0.1, 0.15) is 0 Å². The second-order valence-electron chi connectivity index (χ2n) is 7.02. The molecule has 1 aromatic carbocycles. The number of nitrogens with one attached hydrogen (secondary N) is 1. The Hall–Kier alpha value is -2.97. The standard InChI is InChI=1S/C20H23N7O/c1-25-14-16(15-4-2-3-5-17(15)25)19-24-20(23-18-6-7-22-27(18)19)21-8-9-26-10-12-28-13-11-26/h2-7,14H,8-13H2,1H3,(H,21,23). The molecule has 8 nitrogen and oxygen atoms in total. The number of hydrogen-bond donors (Lipinski definition) is 1. The summed E-state index contributed by atoms with van der Waals surface area (Å²) in [5.74, 6) is 1.42. The molecule has 1 aliphatic rings. The summed E-state index contributed by atoms with van der Waals surface area (Å²) in [4.78, 5) is 11.8. The number of ether oxygens (including phenoxy) is 1. The van der Waals surface area contributed by atoms with E-state index in [-0.39, 0.29) is 0 Å². The molecular weight excluding hydrogens is 354 g/mol. The monoisotopic (exact) mass is 377 g/mol. The van der Waals surface area contributed by atoms with Gasteiger partial charge in [-0.25, -0.2) is 0 Å². The maximum Gasteiger partial charge on any atom is 0.226 e. The largest absolute Gasteiger partial charge is 0.379 e. The van der Waals surface area contributed by atoms with Crippen molar-refractivity contribution in [2.45, 2.75) is 0 Å². The van der Waals surface area contributed by atoms with E-state index in [1.54, 1.807) is 10.7 Å². The molecule has 0 atom stereocenters. The molecule has 1 aliphatic heterocycles. The van der Waals surface area contributed by atoms with Crippen molar-refractivity contribution in [2.75, 3.05) is 44.7 Å². The van der Waals surface area contributed by atoms with Crippen LogP contribution < -0.4 is 5.32 Å². The van der Waals surface area contributed by atoms with Gasteiger partial charge in [-0.05, 0) is 6.07 Å². The van der Waals surface area contributed by atoms with Crippen LogP contribution in [0.25, 0.3) is 27.9 Å². The normalized spacial score (nSPS) is 15.5. The third-order valence-corrected chi connectivity index (χ3v) is 5.21. The molecule has 1 fully saturated rings. The third kappa shape index (κ3) is 3.10. The number of nitrogens with zero attached hydrogens (tertiary/aromatic N) is 6. The number of aromatic nitrogens is 5. The van der Waals surface area contributed by atoms with Crippen molar-refractivity contribution in [3.63, 3.8) is 0 Å². The molecule has 0 radical (unpaired) electrons. The molecule has 4 heterocycles. The predicted octanol–water partition coefficient (Wildman–Crippen LogP) is 2.03. The predicted molar refractivity (Wildman–Crippen MR) is 108 cm³/mol. The molecule has 5 rings (SSSR count). The molecule has 3 aromatic heterocycles. The van der Waals surface area contributed by atoms with Crippen molar-refractivity contribution in [3.8, 4) is 11.4 Å². The highest BCUT2D eigenvalue weighted by molar-refractivity contribution is 5.94. The van der Waals surface area contributed by atoms with E-state index < -0.39 is 0 Å². The fraction of sp³-hybridized carbons (Fsp3) is 0.350. The first-order valence-corrected chi connectivity index (χ1v) is 9.60. The van der Waals surface area contributed by atoms with E-state index in [4.69, 9.17) is 9.72 Å². The number of fused-ring (bicyclic) bond motifs is 2. The molecule has 0 saturated carbocycles. The van der Waals surface area contributed by atoms with E-state index in [2.05, 4.69) is 56.3 Å². The molecule has 0 aliphatic carbocycles. The van der Waals surface area contributed by atoms with Gasteiger partial charge in [-0.2, -0.15) is 19.6 Å². The zero-order valence-electron chi connectivity index (χ0n) is 15.9. The molecular formula is C20H23N7O. The van der Waals surface area contributed by atoms with Crippen molar-refractivity contribution < 1.29 is 4.74 Å². The van der Waals surface area contributed by atoms with Gasteiger partial charge in [0.05, 0.1) is 19.4 Å². The van der Waals surface area contributed by atoms with Crippen LogP contribution in [-0.4, -0.2) is 68.4 Å². The Morgan fingerprint density at radius 1 is 1.11 bits per heavy atom. The van der Waals surface area contributed by atoms with Crippen LogP contribution in [0, 0.1) is 0 Å². The lowest BCUT2D eigenvalue weighted by Gasteiger charge is -2.26. The lowest BCUT2D eigenvalue weighted by Crippen LogP contribution is -2.39. The van der Waals surface area contributed by atoms with Crippen LogP contribution in [0.4, 0.5) is 5.95 Å². The van der Waals surface area contributed by atoms with E-state index in [1.807, 2.05) is 12.1 Å². The average molecular weight is 377 g/mol. The van der Waals surface area contributed by atoms with Crippen LogP contribution in [0.15, 0.2) is 42.7 Å². The minimum Gasteiger partial charge on any atom is -0.379 e. The summed E-state index contributed by atoms with van der Waals surface area (Å²) in [5, 5.41) is 8.98. The summed E-state index contributed by atoms with van der Waals surface area (Å²) in [6, 6.07) is 10.2. The number of rotatable bonds is 5. The van der Waals surface area contributed by atoms with Gasteiger partial charge >= 0.3 is 0 Å². The smallest absolute Gasteiger partial charge is 0.226 e. The summed E-state index contributed by atoms with van der Waals surface area (Å²) in [5.41, 5.74) is 3.00. The zero-order chi connectivity index (χ0) is 18.9. The maximum absolute atomic E-state index is 5.41. The Balaban J connectivity index is 1.47. The van der Waals surface area contributed by atoms with Crippen LogP contribution in [-0.2, 0) is 11.8 Å². The van der Waals surface area contributed by atoms with Gasteiger partial charge < -0.3 is 14.6 Å². The van der Waals surface area contributed by atoms with Crippen molar-refractivity contribution >= 4 is 22.5 Å². The molecule has 144 valence electrons. The third-order valence-electron chi connectivity index (χ3n) is 5.21. The molecule has 1 N–H and O–H groups in total. The second kappa shape index (κ2) is 7.21. The Bertz CT molecular complexity index is 1110. The van der Waals surface area contributed by atoms with E-state index in [9.17, 15) is 0 Å². The Labute approximate surface area is 162 Å². The first-order valence-electron chi connectivity index (χ1n) is 9.60. The number of para-hydroxylation sites is 1. The number of morpholine rings is 1. The van der Waals surface area contributed by atoms with Crippen LogP contribution in [0.3, 0.4) is 0 Å². The minimum atomic E-state index is 0.629. The Kier molecular flexibility index (Phi) is 4.42. The summed E-state index contributed by atoms with van der Waals surface area (Å²) in [6.45, 7) is 5.31. The lowest BCUT2D eigenvalue weighted by atomic mass is 10.1. The van der Waals surface area contributed by atoms with Gasteiger partial charge in [0, 0.05) is 62.0 Å². The number of benzene rings is 1. The summed E-state index contributed by atoms with van der Waals surface area (Å²) >= 11 is 0. The van der Waals surface area contributed by atoms with Crippen LogP contribution in [0.2, 0.25) is 0 Å². The molecule has 0 bridgehead atoms. The van der Waals surface area contributed by atoms with Crippen molar-refractivity contribution in [1.29, 1.82) is 0 Å². The topological polar surface area (TPSA) is 72.5 Å². The van der Waals surface area contributed by atoms with Gasteiger partial charge in [0.2, 0.25) is 5.95 Å². The molecule has 0 unspecified atom stereocenters. The van der Waals surface area contributed by atoms with E-state index in [0.717, 1.165) is 61.8 Å². The summed E-state index contributed by atoms with van der Waals surface area (Å²) < 4.78 is 9.33. The molecule has 8 heteroatoms. The molecule has 0 spiro atoms. The van der Waals surface area contributed by atoms with Gasteiger partial charge in [-0.15, -0.1) is 0 Å². The van der Waals surface area contributed by atoms with Gasteiger partial charge in [0.15, 0.2) is 11.5 Å². The molecule has 1 saturated heterocycles. The second-order valence-corrected chi connectivity index (χ2v) is 7.02. The van der Waals surface area contributed by atoms with E-state index in [1.165, 1.54) is 5.52 Å². The fourth-order valence-corrected chi connectivity index (χ4v) is 3.75. The Morgan fingerprint density at radius 3 is 2.86 bits per heavy atom. The van der Waals surface area contributed by atoms with Crippen molar-refractivity contribution in [3.05, 3.63) is 42.7 Å². The average Bonchev–Trinajstić information content (AvgIpc) is 3.33. The number of anilines is 1. The summed E-state index contributed by atoms with van der Waals surface area (Å²) in [7, 11) is 2.05. The van der Waals surface area contributed by atoms with Gasteiger partial charge in [0.25, 0.3) is 0 Å². The summed E-state index contributed by atoms with van der Waals surface area (Å²) in [6.07, 6.45) is 3.86. The van der Waals surface area contributed by atoms with Crippen LogP contribution in [0.5, 0.6) is 0 Å². The molecule has 28 heavy (non-hydrogen) atoms. The van der Waals surface area contributed by atoms with Gasteiger partial charge in [0.1, 0.15) is 0 Å². The molecule has 4 aromatic rings. The minimum absolute atomic E-state index is 0.629. The van der Waals surface area contributed by atoms with Crippen LogP contribution >= 0.6 is 0 Å². The molecule has 0 amide bonds.